The van der Waals surface area contributed by atoms with E-state index in [-0.39, 0.29) is 5.91 Å². The van der Waals surface area contributed by atoms with Crippen molar-refractivity contribution in [2.45, 2.75) is 19.4 Å². The second-order valence-electron chi connectivity index (χ2n) is 8.72. The van der Waals surface area contributed by atoms with Crippen molar-refractivity contribution in [2.24, 2.45) is 0 Å². The van der Waals surface area contributed by atoms with Gasteiger partial charge in [-0.2, -0.15) is 0 Å². The summed E-state index contributed by atoms with van der Waals surface area (Å²) in [6.45, 7) is 6.08. The van der Waals surface area contributed by atoms with E-state index in [1.807, 2.05) is 18.2 Å². The van der Waals surface area contributed by atoms with Gasteiger partial charge in [-0.25, -0.2) is 9.97 Å². The number of hydrogen-bond acceptors (Lipinski definition) is 6. The Morgan fingerprint density at radius 2 is 1.88 bits per heavy atom. The molecule has 3 heterocycles. The third kappa shape index (κ3) is 3.80. The number of benzene rings is 2. The van der Waals surface area contributed by atoms with Crippen molar-refractivity contribution in [1.82, 2.24) is 20.2 Å². The summed E-state index contributed by atoms with van der Waals surface area (Å²) < 4.78 is 0. The standard InChI is InChI=1S/C25H28N6O/c1-16-15-30(2)11-12-31(16)20-6-3-17(4-7-20)22-14-28-24(26)23(29-22)19-5-8-21-18(13-19)9-10-27-25(21)32/h3-8,13-14,16H,9-12,15H2,1-2H3,(H2,26,28)(H,27,32). The number of hydrogen-bond donors (Lipinski definition) is 2. The number of fused-ring (bicyclic) bond motifs is 1. The number of nitrogens with zero attached hydrogens (tertiary/aromatic N) is 4. The van der Waals surface area contributed by atoms with Gasteiger partial charge in [0.05, 0.1) is 11.9 Å². The molecule has 0 bridgehead atoms. The number of nitrogens with two attached hydrogens (primary N) is 1. The Bertz CT molecular complexity index is 1160. The maximum absolute atomic E-state index is 12.0. The Labute approximate surface area is 188 Å². The summed E-state index contributed by atoms with van der Waals surface area (Å²) in [6, 6.07) is 14.7. The van der Waals surface area contributed by atoms with Crippen molar-refractivity contribution in [3.05, 3.63) is 59.8 Å². The Morgan fingerprint density at radius 1 is 1.09 bits per heavy atom. The molecule has 164 valence electrons. The zero-order valence-corrected chi connectivity index (χ0v) is 18.5. The lowest BCUT2D eigenvalue weighted by molar-refractivity contribution is 0.0946. The molecular formula is C25H28N6O. The number of aromatic nitrogens is 2. The minimum atomic E-state index is -0.0274. The van der Waals surface area contributed by atoms with E-state index in [1.165, 1.54) is 5.69 Å². The molecule has 0 aliphatic carbocycles. The van der Waals surface area contributed by atoms with Gasteiger partial charge in [-0.05, 0) is 50.2 Å². The highest BCUT2D eigenvalue weighted by atomic mass is 16.1. The zero-order valence-electron chi connectivity index (χ0n) is 18.5. The Balaban J connectivity index is 1.44. The molecule has 0 saturated carbocycles. The third-order valence-electron chi connectivity index (χ3n) is 6.43. The van der Waals surface area contributed by atoms with E-state index in [0.717, 1.165) is 54.0 Å². The van der Waals surface area contributed by atoms with Crippen LogP contribution in [0.2, 0.25) is 0 Å². The molecule has 3 N–H and O–H groups in total. The normalized spacial score (nSPS) is 18.9. The first-order valence-corrected chi connectivity index (χ1v) is 11.1. The maximum Gasteiger partial charge on any atom is 0.251 e. The number of anilines is 2. The van der Waals surface area contributed by atoms with E-state index in [2.05, 4.69) is 58.3 Å². The summed E-state index contributed by atoms with van der Waals surface area (Å²) in [7, 11) is 2.17. The average Bonchev–Trinajstić information content (AvgIpc) is 2.80. The maximum atomic E-state index is 12.0. The number of amides is 1. The van der Waals surface area contributed by atoms with Crippen LogP contribution in [0.3, 0.4) is 0 Å². The molecule has 7 nitrogen and oxygen atoms in total. The van der Waals surface area contributed by atoms with Gasteiger partial charge in [-0.1, -0.05) is 18.2 Å². The molecule has 0 spiro atoms. The minimum absolute atomic E-state index is 0.0274. The van der Waals surface area contributed by atoms with Crippen LogP contribution in [0, 0.1) is 0 Å². The van der Waals surface area contributed by atoms with Crippen molar-refractivity contribution in [1.29, 1.82) is 0 Å². The lowest BCUT2D eigenvalue weighted by Crippen LogP contribution is -2.50. The van der Waals surface area contributed by atoms with Crippen LogP contribution in [0.15, 0.2) is 48.7 Å². The van der Waals surface area contributed by atoms with Crippen molar-refractivity contribution >= 4 is 17.4 Å². The molecule has 2 aliphatic rings. The molecule has 1 unspecified atom stereocenters. The van der Waals surface area contributed by atoms with E-state index >= 15 is 0 Å². The quantitative estimate of drug-likeness (QED) is 0.667. The molecule has 3 aromatic rings. The molecule has 5 rings (SSSR count). The fourth-order valence-electron chi connectivity index (χ4n) is 4.67. The first-order chi connectivity index (χ1) is 15.5. The largest absolute Gasteiger partial charge is 0.382 e. The van der Waals surface area contributed by atoms with Gasteiger partial charge in [-0.3, -0.25) is 4.79 Å². The Kier molecular flexibility index (Phi) is 5.27. The van der Waals surface area contributed by atoms with Gasteiger partial charge in [0.2, 0.25) is 0 Å². The lowest BCUT2D eigenvalue weighted by Gasteiger charge is -2.39. The molecule has 32 heavy (non-hydrogen) atoms. The van der Waals surface area contributed by atoms with E-state index in [1.54, 1.807) is 6.20 Å². The van der Waals surface area contributed by atoms with Gasteiger partial charge in [-0.15, -0.1) is 0 Å². The smallest absolute Gasteiger partial charge is 0.251 e. The van der Waals surface area contributed by atoms with Crippen LogP contribution in [-0.4, -0.2) is 60.0 Å². The number of carbonyl (C=O) groups excluding carboxylic acids is 1. The van der Waals surface area contributed by atoms with Crippen molar-refractivity contribution in [2.75, 3.05) is 43.9 Å². The van der Waals surface area contributed by atoms with E-state index < -0.39 is 0 Å². The first kappa shape index (κ1) is 20.5. The van der Waals surface area contributed by atoms with Crippen LogP contribution in [0.25, 0.3) is 22.5 Å². The molecule has 2 aliphatic heterocycles. The molecule has 0 radical (unpaired) electrons. The summed E-state index contributed by atoms with van der Waals surface area (Å²) in [5.41, 5.74) is 12.5. The SMILES string of the molecule is CC1CN(C)CCN1c1ccc(-c2cnc(N)c(-c3ccc4c(c3)CCNC4=O)n2)cc1. The molecule has 1 aromatic heterocycles. The highest BCUT2D eigenvalue weighted by Crippen LogP contribution is 2.30. The second kappa shape index (κ2) is 8.24. The van der Waals surface area contributed by atoms with Gasteiger partial charge >= 0.3 is 0 Å². The van der Waals surface area contributed by atoms with Crippen LogP contribution in [0.4, 0.5) is 11.5 Å². The molecule has 1 saturated heterocycles. The third-order valence-corrected chi connectivity index (χ3v) is 6.43. The van der Waals surface area contributed by atoms with E-state index in [9.17, 15) is 4.79 Å². The topological polar surface area (TPSA) is 87.4 Å². The van der Waals surface area contributed by atoms with E-state index in [0.29, 0.717) is 24.1 Å². The van der Waals surface area contributed by atoms with Crippen LogP contribution in [0.5, 0.6) is 0 Å². The number of nitrogen functional groups attached to an aromatic ring is 1. The number of likely N-dealkylation sites (N-methyl/N-ethyl adjacent to an activating group) is 1. The van der Waals surface area contributed by atoms with Crippen LogP contribution in [0.1, 0.15) is 22.8 Å². The van der Waals surface area contributed by atoms with Gasteiger partial charge in [0, 0.05) is 54.6 Å². The Hall–Kier alpha value is -3.45. The average molecular weight is 429 g/mol. The predicted molar refractivity (Wildman–Crippen MR) is 128 cm³/mol. The van der Waals surface area contributed by atoms with Gasteiger partial charge in [0.1, 0.15) is 11.5 Å². The Morgan fingerprint density at radius 3 is 2.66 bits per heavy atom. The predicted octanol–water partition coefficient (Wildman–Crippen LogP) is 2.82. The second-order valence-corrected chi connectivity index (χ2v) is 8.72. The summed E-state index contributed by atoms with van der Waals surface area (Å²) in [5.74, 6) is 0.359. The summed E-state index contributed by atoms with van der Waals surface area (Å²) >= 11 is 0. The number of rotatable bonds is 3. The molecule has 1 fully saturated rings. The fraction of sp³-hybridized carbons (Fsp3) is 0.320. The van der Waals surface area contributed by atoms with Crippen LogP contribution >= 0.6 is 0 Å². The lowest BCUT2D eigenvalue weighted by atomic mass is 9.96. The summed E-state index contributed by atoms with van der Waals surface area (Å²) in [5, 5.41) is 2.88. The van der Waals surface area contributed by atoms with E-state index in [4.69, 9.17) is 10.7 Å². The van der Waals surface area contributed by atoms with Crippen molar-refractivity contribution in [3.8, 4) is 22.5 Å². The first-order valence-electron chi connectivity index (χ1n) is 11.1. The van der Waals surface area contributed by atoms with Crippen LogP contribution in [-0.2, 0) is 6.42 Å². The number of nitrogens with one attached hydrogen (secondary N) is 1. The number of carbonyl (C=O) groups is 1. The molecule has 1 atom stereocenters. The van der Waals surface area contributed by atoms with Crippen LogP contribution < -0.4 is 16.0 Å². The summed E-state index contributed by atoms with van der Waals surface area (Å²) in [6.07, 6.45) is 2.52. The van der Waals surface area contributed by atoms with Crippen molar-refractivity contribution in [3.63, 3.8) is 0 Å². The van der Waals surface area contributed by atoms with Crippen molar-refractivity contribution < 1.29 is 4.79 Å². The zero-order chi connectivity index (χ0) is 22.2. The highest BCUT2D eigenvalue weighted by molar-refractivity contribution is 5.97. The number of piperazine rings is 1. The fourth-order valence-corrected chi connectivity index (χ4v) is 4.67. The molecule has 7 heteroatoms. The monoisotopic (exact) mass is 428 g/mol. The molecule has 2 aromatic carbocycles. The minimum Gasteiger partial charge on any atom is -0.382 e. The van der Waals surface area contributed by atoms with Gasteiger partial charge in [0.15, 0.2) is 0 Å². The van der Waals surface area contributed by atoms with Gasteiger partial charge < -0.3 is 20.9 Å². The highest BCUT2D eigenvalue weighted by Gasteiger charge is 2.22. The summed E-state index contributed by atoms with van der Waals surface area (Å²) in [4.78, 5) is 26.1. The molecule has 1 amide bonds. The van der Waals surface area contributed by atoms with Gasteiger partial charge in [0.25, 0.3) is 5.91 Å². The molecular weight excluding hydrogens is 400 g/mol.